The molecule has 0 saturated heterocycles. The average molecular weight is 313 g/mol. The highest BCUT2D eigenvalue weighted by Crippen LogP contribution is 2.25. The van der Waals surface area contributed by atoms with Crippen LogP contribution in [0.4, 0.5) is 0 Å². The van der Waals surface area contributed by atoms with Crippen LogP contribution in [0.3, 0.4) is 0 Å². The Morgan fingerprint density at radius 3 is 2.86 bits per heavy atom. The number of benzene rings is 1. The van der Waals surface area contributed by atoms with Crippen molar-refractivity contribution in [1.29, 1.82) is 0 Å². The molecule has 4 heteroatoms. The van der Waals surface area contributed by atoms with Crippen LogP contribution in [0.5, 0.6) is 0 Å². The zero-order chi connectivity index (χ0) is 14.1. The van der Waals surface area contributed by atoms with E-state index in [2.05, 4.69) is 46.5 Å². The number of hydrogen-bond donors (Lipinski definition) is 1. The van der Waals surface area contributed by atoms with E-state index in [9.17, 15) is 0 Å². The van der Waals surface area contributed by atoms with Gasteiger partial charge < -0.3 is 4.90 Å². The van der Waals surface area contributed by atoms with Crippen molar-refractivity contribution < 1.29 is 4.90 Å². The monoisotopic (exact) mass is 313 g/mol. The molecule has 0 bridgehead atoms. The molecule has 1 atom stereocenters. The number of quaternary nitrogens is 1. The minimum atomic E-state index is 1.04. The summed E-state index contributed by atoms with van der Waals surface area (Å²) in [5.41, 5.74) is 5.52. The highest BCUT2D eigenvalue weighted by atomic mass is 32.1. The van der Waals surface area contributed by atoms with Crippen molar-refractivity contribution in [2.24, 2.45) is 0 Å². The van der Waals surface area contributed by atoms with Gasteiger partial charge in [-0.25, -0.2) is 4.98 Å². The zero-order valence-corrected chi connectivity index (χ0v) is 13.3. The third kappa shape index (κ3) is 2.79. The Bertz CT molecular complexity index is 731. The van der Waals surface area contributed by atoms with Crippen molar-refractivity contribution in [2.75, 3.05) is 6.54 Å². The number of fused-ring (bicyclic) bond motifs is 1. The molecule has 3 heterocycles. The van der Waals surface area contributed by atoms with Crippen LogP contribution in [-0.2, 0) is 19.5 Å². The molecule has 1 aliphatic heterocycles. The summed E-state index contributed by atoms with van der Waals surface area (Å²) in [5.74, 6) is 0. The van der Waals surface area contributed by atoms with Gasteiger partial charge in [0.15, 0.2) is 0 Å². The smallest absolute Gasteiger partial charge is 0.124 e. The molecule has 0 amide bonds. The first kappa shape index (κ1) is 13.2. The molecule has 1 aliphatic rings. The molecule has 2 nitrogen and oxygen atoms in total. The van der Waals surface area contributed by atoms with Crippen LogP contribution in [0.1, 0.15) is 16.8 Å². The van der Waals surface area contributed by atoms with Crippen molar-refractivity contribution in [3.05, 3.63) is 63.3 Å². The number of nitrogens with one attached hydrogen (secondary N) is 1. The summed E-state index contributed by atoms with van der Waals surface area (Å²) in [6, 6.07) is 11.0. The van der Waals surface area contributed by atoms with E-state index in [4.69, 9.17) is 4.98 Å². The minimum absolute atomic E-state index is 1.04. The third-order valence-electron chi connectivity index (χ3n) is 4.06. The second-order valence-corrected chi connectivity index (χ2v) is 7.17. The standard InChI is InChI=1S/C17H16N2S2/c1-2-4-14-9-19(7-5-13(14)3-1)10-16-12-21-17(18-16)15-6-8-20-11-15/h1-4,6,8,11-12H,5,7,9-10H2/p+1. The molecular weight excluding hydrogens is 296 g/mol. The maximum atomic E-state index is 4.81. The normalized spacial score (nSPS) is 17.6. The summed E-state index contributed by atoms with van der Waals surface area (Å²) >= 11 is 3.50. The van der Waals surface area contributed by atoms with Gasteiger partial charge in [-0.1, -0.05) is 24.3 Å². The van der Waals surface area contributed by atoms with E-state index in [0.29, 0.717) is 0 Å². The summed E-state index contributed by atoms with van der Waals surface area (Å²) in [5, 5.41) is 7.67. The molecule has 106 valence electrons. The molecule has 0 spiro atoms. The lowest BCUT2D eigenvalue weighted by molar-refractivity contribution is -0.929. The topological polar surface area (TPSA) is 17.3 Å². The summed E-state index contributed by atoms with van der Waals surface area (Å²) in [4.78, 5) is 6.43. The van der Waals surface area contributed by atoms with E-state index < -0.39 is 0 Å². The molecule has 0 saturated carbocycles. The van der Waals surface area contributed by atoms with Crippen LogP contribution < -0.4 is 4.90 Å². The maximum absolute atomic E-state index is 4.81. The largest absolute Gasteiger partial charge is 0.326 e. The molecule has 1 aromatic carbocycles. The SMILES string of the molecule is c1ccc2c(c1)CC[NH+](Cc1csc(-c3ccsc3)n1)C2. The van der Waals surface area contributed by atoms with Gasteiger partial charge in [0.25, 0.3) is 0 Å². The highest BCUT2D eigenvalue weighted by Gasteiger charge is 2.20. The fourth-order valence-electron chi connectivity index (χ4n) is 2.96. The molecule has 0 radical (unpaired) electrons. The van der Waals surface area contributed by atoms with Gasteiger partial charge >= 0.3 is 0 Å². The number of rotatable bonds is 3. The summed E-state index contributed by atoms with van der Waals surface area (Å²) in [7, 11) is 0. The molecule has 2 aromatic heterocycles. The first-order valence-electron chi connectivity index (χ1n) is 7.26. The molecule has 1 unspecified atom stereocenters. The van der Waals surface area contributed by atoms with E-state index in [0.717, 1.165) is 18.1 Å². The predicted octanol–water partition coefficient (Wildman–Crippen LogP) is 3.01. The van der Waals surface area contributed by atoms with Gasteiger partial charge in [0.2, 0.25) is 0 Å². The molecule has 0 aliphatic carbocycles. The second-order valence-electron chi connectivity index (χ2n) is 5.53. The van der Waals surface area contributed by atoms with Gasteiger partial charge in [0, 0.05) is 28.3 Å². The number of aromatic nitrogens is 1. The first-order valence-corrected chi connectivity index (χ1v) is 9.08. The van der Waals surface area contributed by atoms with Gasteiger partial charge in [0.1, 0.15) is 23.8 Å². The van der Waals surface area contributed by atoms with Crippen LogP contribution in [0.25, 0.3) is 10.6 Å². The van der Waals surface area contributed by atoms with Crippen LogP contribution in [0.2, 0.25) is 0 Å². The van der Waals surface area contributed by atoms with Crippen LogP contribution in [0, 0.1) is 0 Å². The van der Waals surface area contributed by atoms with Crippen LogP contribution in [0.15, 0.2) is 46.5 Å². The van der Waals surface area contributed by atoms with Crippen molar-refractivity contribution in [3.63, 3.8) is 0 Å². The number of thiophene rings is 1. The number of nitrogens with zero attached hydrogens (tertiary/aromatic N) is 1. The molecule has 0 fully saturated rings. The summed E-state index contributed by atoms with van der Waals surface area (Å²) < 4.78 is 0. The molecule has 21 heavy (non-hydrogen) atoms. The Balaban J connectivity index is 1.48. The maximum Gasteiger partial charge on any atom is 0.124 e. The van der Waals surface area contributed by atoms with E-state index in [1.165, 1.54) is 35.3 Å². The van der Waals surface area contributed by atoms with E-state index in [1.807, 2.05) is 0 Å². The van der Waals surface area contributed by atoms with Crippen molar-refractivity contribution >= 4 is 22.7 Å². The highest BCUT2D eigenvalue weighted by molar-refractivity contribution is 7.14. The average Bonchev–Trinajstić information content (AvgIpc) is 3.18. The van der Waals surface area contributed by atoms with Gasteiger partial charge in [-0.15, -0.1) is 11.3 Å². The van der Waals surface area contributed by atoms with E-state index in [-0.39, 0.29) is 0 Å². The van der Waals surface area contributed by atoms with E-state index in [1.54, 1.807) is 27.6 Å². The fourth-order valence-corrected chi connectivity index (χ4v) is 4.49. The second kappa shape index (κ2) is 5.72. The Morgan fingerprint density at radius 2 is 2.00 bits per heavy atom. The van der Waals surface area contributed by atoms with Crippen molar-refractivity contribution in [2.45, 2.75) is 19.5 Å². The van der Waals surface area contributed by atoms with Crippen molar-refractivity contribution in [1.82, 2.24) is 4.98 Å². The molecule has 1 N–H and O–H groups in total. The lowest BCUT2D eigenvalue weighted by Gasteiger charge is -2.25. The van der Waals surface area contributed by atoms with Gasteiger partial charge in [0.05, 0.1) is 6.54 Å². The fraction of sp³-hybridized carbons (Fsp3) is 0.235. The van der Waals surface area contributed by atoms with Crippen molar-refractivity contribution in [3.8, 4) is 10.6 Å². The minimum Gasteiger partial charge on any atom is -0.326 e. The molecule has 4 rings (SSSR count). The lowest BCUT2D eigenvalue weighted by Crippen LogP contribution is -3.10. The molecular formula is C17H17N2S2+. The molecule has 3 aromatic rings. The summed E-state index contributed by atoms with van der Waals surface area (Å²) in [6.07, 6.45) is 1.19. The zero-order valence-electron chi connectivity index (χ0n) is 11.7. The Morgan fingerprint density at radius 1 is 1.10 bits per heavy atom. The lowest BCUT2D eigenvalue weighted by atomic mass is 10.00. The third-order valence-corrected chi connectivity index (χ3v) is 5.68. The van der Waals surface area contributed by atoms with E-state index >= 15 is 0 Å². The summed E-state index contributed by atoms with van der Waals surface area (Å²) in [6.45, 7) is 3.37. The van der Waals surface area contributed by atoms with Gasteiger partial charge in [-0.05, 0) is 17.0 Å². The quantitative estimate of drug-likeness (QED) is 0.787. The predicted molar refractivity (Wildman–Crippen MR) is 88.8 cm³/mol. The van der Waals surface area contributed by atoms with Crippen LogP contribution in [-0.4, -0.2) is 11.5 Å². The van der Waals surface area contributed by atoms with Gasteiger partial charge in [-0.3, -0.25) is 0 Å². The number of thiazole rings is 1. The Hall–Kier alpha value is -1.49. The Kier molecular flexibility index (Phi) is 3.59. The first-order chi connectivity index (χ1) is 10.4. The van der Waals surface area contributed by atoms with Crippen LogP contribution >= 0.6 is 22.7 Å². The van der Waals surface area contributed by atoms with Gasteiger partial charge in [-0.2, -0.15) is 11.3 Å². The number of hydrogen-bond acceptors (Lipinski definition) is 3. The Labute approximate surface area is 132 Å².